The largest absolute Gasteiger partial charge is 0.359 e. The van der Waals surface area contributed by atoms with Crippen LogP contribution < -0.4 is 5.32 Å². The molecule has 6 nitrogen and oxygen atoms in total. The van der Waals surface area contributed by atoms with Crippen molar-refractivity contribution in [3.8, 4) is 0 Å². The van der Waals surface area contributed by atoms with E-state index in [0.29, 0.717) is 26.1 Å². The van der Waals surface area contributed by atoms with Gasteiger partial charge < -0.3 is 15.1 Å². The lowest BCUT2D eigenvalue weighted by molar-refractivity contribution is -0.144. The molecule has 1 spiro atoms. The number of hydrogen-bond acceptors (Lipinski definition) is 3. The molecule has 3 amide bonds. The Labute approximate surface area is 160 Å². The molecule has 2 fully saturated rings. The number of rotatable bonds is 5. The first-order valence-electron chi connectivity index (χ1n) is 9.81. The summed E-state index contributed by atoms with van der Waals surface area (Å²) in [6.07, 6.45) is 3.88. The molecule has 0 unspecified atom stereocenters. The first-order valence-corrected chi connectivity index (χ1v) is 9.81. The number of likely N-dealkylation sites (tertiary alicyclic amines) is 2. The zero-order chi connectivity index (χ0) is 19.3. The van der Waals surface area contributed by atoms with Crippen molar-refractivity contribution in [3.05, 3.63) is 35.9 Å². The van der Waals surface area contributed by atoms with Gasteiger partial charge in [-0.1, -0.05) is 30.3 Å². The van der Waals surface area contributed by atoms with E-state index in [1.165, 1.54) is 0 Å². The molecule has 1 atom stereocenters. The maximum Gasteiger partial charge on any atom is 0.223 e. The van der Waals surface area contributed by atoms with Gasteiger partial charge in [0.1, 0.15) is 0 Å². The van der Waals surface area contributed by atoms with Crippen molar-refractivity contribution in [2.45, 2.75) is 45.1 Å². The third kappa shape index (κ3) is 4.87. The highest BCUT2D eigenvalue weighted by atomic mass is 16.2. The summed E-state index contributed by atoms with van der Waals surface area (Å²) >= 11 is 0. The minimum Gasteiger partial charge on any atom is -0.359 e. The van der Waals surface area contributed by atoms with E-state index >= 15 is 0 Å². The Bertz CT molecular complexity index is 691. The summed E-state index contributed by atoms with van der Waals surface area (Å²) in [6, 6.07) is 10.1. The summed E-state index contributed by atoms with van der Waals surface area (Å²) in [5, 5.41) is 2.56. The smallest absolute Gasteiger partial charge is 0.223 e. The topological polar surface area (TPSA) is 69.7 Å². The third-order valence-electron chi connectivity index (χ3n) is 5.82. The highest BCUT2D eigenvalue weighted by Crippen LogP contribution is 2.39. The highest BCUT2D eigenvalue weighted by Gasteiger charge is 2.42. The summed E-state index contributed by atoms with van der Waals surface area (Å²) < 4.78 is 0. The lowest BCUT2D eigenvalue weighted by Crippen LogP contribution is -2.54. The molecule has 1 N–H and O–H groups in total. The fraction of sp³-hybridized carbons (Fsp3) is 0.571. The molecule has 0 saturated carbocycles. The van der Waals surface area contributed by atoms with Crippen LogP contribution in [0.25, 0.3) is 0 Å². The van der Waals surface area contributed by atoms with Crippen LogP contribution >= 0.6 is 0 Å². The second-order valence-corrected chi connectivity index (χ2v) is 7.83. The predicted molar refractivity (Wildman–Crippen MR) is 103 cm³/mol. The third-order valence-corrected chi connectivity index (χ3v) is 5.82. The fourth-order valence-electron chi connectivity index (χ4n) is 4.31. The van der Waals surface area contributed by atoms with Gasteiger partial charge in [-0.25, -0.2) is 0 Å². The molecule has 2 aliphatic rings. The maximum absolute atomic E-state index is 12.5. The minimum atomic E-state index is -0.104. The summed E-state index contributed by atoms with van der Waals surface area (Å²) in [6.45, 7) is 2.78. The van der Waals surface area contributed by atoms with Crippen LogP contribution in [0.4, 0.5) is 0 Å². The van der Waals surface area contributed by atoms with Gasteiger partial charge in [-0.05, 0) is 24.8 Å². The molecule has 6 heteroatoms. The van der Waals surface area contributed by atoms with Gasteiger partial charge in [0.25, 0.3) is 0 Å². The second kappa shape index (κ2) is 8.55. The van der Waals surface area contributed by atoms with E-state index in [0.717, 1.165) is 31.4 Å². The maximum atomic E-state index is 12.5. The standard InChI is InChI=1S/C21H29N3O3/c1-22-18(25)8-9-19(26)23-13-5-11-21(15-23)12-10-20(27)24(16-21)14-17-6-3-2-4-7-17/h2-4,6-7H,5,8-16H2,1H3,(H,22,25)/t21-/m1/s1. The molecule has 3 rings (SSSR count). The summed E-state index contributed by atoms with van der Waals surface area (Å²) in [7, 11) is 1.59. The van der Waals surface area contributed by atoms with Crippen LogP contribution in [0.3, 0.4) is 0 Å². The van der Waals surface area contributed by atoms with E-state index in [2.05, 4.69) is 5.32 Å². The number of hydrogen-bond donors (Lipinski definition) is 1. The lowest BCUT2D eigenvalue weighted by Gasteiger charge is -2.48. The zero-order valence-corrected chi connectivity index (χ0v) is 16.1. The van der Waals surface area contributed by atoms with Crippen molar-refractivity contribution in [1.82, 2.24) is 15.1 Å². The molecule has 2 heterocycles. The average molecular weight is 371 g/mol. The van der Waals surface area contributed by atoms with Crippen LogP contribution in [0.1, 0.15) is 44.1 Å². The van der Waals surface area contributed by atoms with Crippen LogP contribution in [0, 0.1) is 5.41 Å². The molecule has 27 heavy (non-hydrogen) atoms. The number of carbonyl (C=O) groups excluding carboxylic acids is 3. The van der Waals surface area contributed by atoms with E-state index in [9.17, 15) is 14.4 Å². The van der Waals surface area contributed by atoms with Crippen molar-refractivity contribution in [3.63, 3.8) is 0 Å². The number of nitrogens with one attached hydrogen (secondary N) is 1. The Kier molecular flexibility index (Phi) is 6.14. The van der Waals surface area contributed by atoms with Gasteiger partial charge in [-0.3, -0.25) is 14.4 Å². The van der Waals surface area contributed by atoms with E-state index in [-0.39, 0.29) is 36.0 Å². The Morgan fingerprint density at radius 2 is 1.89 bits per heavy atom. The summed E-state index contributed by atoms with van der Waals surface area (Å²) in [5.41, 5.74) is 1.13. The quantitative estimate of drug-likeness (QED) is 0.860. The average Bonchev–Trinajstić information content (AvgIpc) is 2.69. The van der Waals surface area contributed by atoms with Gasteiger partial charge in [-0.15, -0.1) is 0 Å². The lowest BCUT2D eigenvalue weighted by atomic mass is 9.73. The number of benzene rings is 1. The zero-order valence-electron chi connectivity index (χ0n) is 16.1. The number of carbonyl (C=O) groups is 3. The predicted octanol–water partition coefficient (Wildman–Crippen LogP) is 1.94. The Morgan fingerprint density at radius 3 is 2.63 bits per heavy atom. The van der Waals surface area contributed by atoms with Crippen molar-refractivity contribution in [2.24, 2.45) is 5.41 Å². The molecule has 0 radical (unpaired) electrons. The van der Waals surface area contributed by atoms with Crippen LogP contribution in [0.15, 0.2) is 30.3 Å². The first-order chi connectivity index (χ1) is 13.0. The van der Waals surface area contributed by atoms with Gasteiger partial charge in [0, 0.05) is 57.9 Å². The Morgan fingerprint density at radius 1 is 1.11 bits per heavy atom. The summed E-state index contributed by atoms with van der Waals surface area (Å²) in [4.78, 5) is 40.3. The van der Waals surface area contributed by atoms with Crippen LogP contribution in [0.5, 0.6) is 0 Å². The van der Waals surface area contributed by atoms with E-state index in [1.54, 1.807) is 7.05 Å². The molecule has 0 bridgehead atoms. The molecule has 146 valence electrons. The van der Waals surface area contributed by atoms with Crippen molar-refractivity contribution >= 4 is 17.7 Å². The summed E-state index contributed by atoms with van der Waals surface area (Å²) in [5.74, 6) is 0.143. The fourth-order valence-corrected chi connectivity index (χ4v) is 4.31. The van der Waals surface area contributed by atoms with E-state index in [1.807, 2.05) is 40.1 Å². The molecule has 2 saturated heterocycles. The molecule has 1 aromatic carbocycles. The van der Waals surface area contributed by atoms with Gasteiger partial charge in [-0.2, -0.15) is 0 Å². The Hall–Kier alpha value is -2.37. The monoisotopic (exact) mass is 371 g/mol. The molecule has 2 aliphatic heterocycles. The molecular formula is C21H29N3O3. The van der Waals surface area contributed by atoms with Gasteiger partial charge in [0.05, 0.1) is 0 Å². The molecule has 0 aliphatic carbocycles. The van der Waals surface area contributed by atoms with Gasteiger partial charge in [0.15, 0.2) is 0 Å². The Balaban J connectivity index is 1.63. The second-order valence-electron chi connectivity index (χ2n) is 7.83. The van der Waals surface area contributed by atoms with Gasteiger partial charge >= 0.3 is 0 Å². The number of amides is 3. The van der Waals surface area contributed by atoms with Crippen molar-refractivity contribution in [2.75, 3.05) is 26.7 Å². The van der Waals surface area contributed by atoms with E-state index in [4.69, 9.17) is 0 Å². The molecular weight excluding hydrogens is 342 g/mol. The van der Waals surface area contributed by atoms with Crippen LogP contribution in [-0.2, 0) is 20.9 Å². The minimum absolute atomic E-state index is 0.0103. The SMILES string of the molecule is CNC(=O)CCC(=O)N1CCC[C@@]2(CCC(=O)N(Cc3ccccc3)C2)C1. The first kappa shape index (κ1) is 19.4. The number of piperidine rings is 2. The van der Waals surface area contributed by atoms with E-state index < -0.39 is 0 Å². The van der Waals surface area contributed by atoms with Crippen molar-refractivity contribution < 1.29 is 14.4 Å². The molecule has 0 aromatic heterocycles. The van der Waals surface area contributed by atoms with Crippen molar-refractivity contribution in [1.29, 1.82) is 0 Å². The number of nitrogens with zero attached hydrogens (tertiary/aromatic N) is 2. The normalized spacial score (nSPS) is 22.8. The van der Waals surface area contributed by atoms with Crippen LogP contribution in [0.2, 0.25) is 0 Å². The molecule has 1 aromatic rings. The van der Waals surface area contributed by atoms with Crippen LogP contribution in [-0.4, -0.2) is 54.2 Å². The highest BCUT2D eigenvalue weighted by molar-refractivity contribution is 5.83. The van der Waals surface area contributed by atoms with Gasteiger partial charge in [0.2, 0.25) is 17.7 Å².